The van der Waals surface area contributed by atoms with Crippen LogP contribution in [0.25, 0.3) is 0 Å². The Labute approximate surface area is 127 Å². The van der Waals surface area contributed by atoms with Gasteiger partial charge in [-0.15, -0.1) is 11.3 Å². The summed E-state index contributed by atoms with van der Waals surface area (Å²) < 4.78 is 1.12. The van der Waals surface area contributed by atoms with Crippen molar-refractivity contribution in [3.05, 3.63) is 50.1 Å². The minimum absolute atomic E-state index is 0.220. The summed E-state index contributed by atoms with van der Waals surface area (Å²) in [6.45, 7) is 4.86. The zero-order valence-electron chi connectivity index (χ0n) is 11.5. The zero-order valence-corrected chi connectivity index (χ0v) is 13.9. The first kappa shape index (κ1) is 14.6. The first-order valence-corrected chi connectivity index (χ1v) is 7.93. The van der Waals surface area contributed by atoms with Crippen molar-refractivity contribution in [1.82, 2.24) is 0 Å². The number of nitrogens with zero attached hydrogens (tertiary/aromatic N) is 1. The molecule has 1 heterocycles. The van der Waals surface area contributed by atoms with Crippen LogP contribution >= 0.6 is 27.3 Å². The number of nitrogens with two attached hydrogens (primary N) is 1. The highest BCUT2D eigenvalue weighted by atomic mass is 79.9. The third-order valence-electron chi connectivity index (χ3n) is 3.22. The standard InChI is InChI=1S/C15H19BrN2S/c1-10-4-11(2)6-13(5-10)18(3)14(8-17)15-7-12(16)9-19-15/h4-7,9,14H,8,17H2,1-3H3. The molecule has 2 N–H and O–H groups in total. The van der Waals surface area contributed by atoms with E-state index in [4.69, 9.17) is 5.73 Å². The minimum Gasteiger partial charge on any atom is -0.365 e. The zero-order chi connectivity index (χ0) is 14.0. The van der Waals surface area contributed by atoms with E-state index in [1.807, 2.05) is 0 Å². The van der Waals surface area contributed by atoms with Gasteiger partial charge in [0.05, 0.1) is 6.04 Å². The van der Waals surface area contributed by atoms with Gasteiger partial charge in [0, 0.05) is 34.0 Å². The highest BCUT2D eigenvalue weighted by Crippen LogP contribution is 2.31. The topological polar surface area (TPSA) is 29.3 Å². The first-order chi connectivity index (χ1) is 9.01. The van der Waals surface area contributed by atoms with Crippen LogP contribution in [0.1, 0.15) is 22.0 Å². The molecule has 0 bridgehead atoms. The van der Waals surface area contributed by atoms with E-state index >= 15 is 0 Å². The van der Waals surface area contributed by atoms with Gasteiger partial charge in [0.25, 0.3) is 0 Å². The number of aryl methyl sites for hydroxylation is 2. The molecule has 1 aromatic carbocycles. The summed E-state index contributed by atoms with van der Waals surface area (Å²) in [5.74, 6) is 0. The van der Waals surface area contributed by atoms with E-state index in [9.17, 15) is 0 Å². The molecule has 0 fully saturated rings. The van der Waals surface area contributed by atoms with Gasteiger partial charge in [-0.2, -0.15) is 0 Å². The van der Waals surface area contributed by atoms with Crippen molar-refractivity contribution in [1.29, 1.82) is 0 Å². The van der Waals surface area contributed by atoms with Crippen LogP contribution in [0.3, 0.4) is 0 Å². The molecule has 0 aliphatic heterocycles. The maximum absolute atomic E-state index is 5.98. The fourth-order valence-corrected chi connectivity index (χ4v) is 3.90. The van der Waals surface area contributed by atoms with E-state index < -0.39 is 0 Å². The smallest absolute Gasteiger partial charge is 0.0754 e. The molecule has 0 spiro atoms. The van der Waals surface area contributed by atoms with Crippen molar-refractivity contribution in [2.75, 3.05) is 18.5 Å². The number of thiophene rings is 1. The molecule has 0 saturated heterocycles. The van der Waals surface area contributed by atoms with Crippen LogP contribution in [0.5, 0.6) is 0 Å². The molecule has 19 heavy (non-hydrogen) atoms. The summed E-state index contributed by atoms with van der Waals surface area (Å²) in [7, 11) is 2.11. The summed E-state index contributed by atoms with van der Waals surface area (Å²) in [6, 6.07) is 8.98. The molecule has 102 valence electrons. The van der Waals surface area contributed by atoms with Crippen molar-refractivity contribution in [2.45, 2.75) is 19.9 Å². The van der Waals surface area contributed by atoms with Crippen LogP contribution in [0, 0.1) is 13.8 Å². The molecule has 1 atom stereocenters. The highest BCUT2D eigenvalue weighted by Gasteiger charge is 2.18. The number of likely N-dealkylation sites (N-methyl/N-ethyl adjacent to an activating group) is 1. The minimum atomic E-state index is 0.220. The van der Waals surface area contributed by atoms with Gasteiger partial charge in [-0.25, -0.2) is 0 Å². The van der Waals surface area contributed by atoms with Crippen LogP contribution in [-0.4, -0.2) is 13.6 Å². The van der Waals surface area contributed by atoms with Gasteiger partial charge in [-0.1, -0.05) is 6.07 Å². The lowest BCUT2D eigenvalue weighted by molar-refractivity contribution is 0.692. The molecule has 0 aliphatic rings. The maximum atomic E-state index is 5.98. The number of hydrogen-bond acceptors (Lipinski definition) is 3. The number of rotatable bonds is 4. The van der Waals surface area contributed by atoms with Crippen LogP contribution < -0.4 is 10.6 Å². The van der Waals surface area contributed by atoms with E-state index in [1.165, 1.54) is 21.7 Å². The first-order valence-electron chi connectivity index (χ1n) is 6.26. The predicted octanol–water partition coefficient (Wildman–Crippen LogP) is 4.26. The van der Waals surface area contributed by atoms with Gasteiger partial charge < -0.3 is 10.6 Å². The quantitative estimate of drug-likeness (QED) is 0.902. The molecule has 2 rings (SSSR count). The summed E-state index contributed by atoms with van der Waals surface area (Å²) in [6.07, 6.45) is 0. The van der Waals surface area contributed by atoms with Crippen LogP contribution in [0.4, 0.5) is 5.69 Å². The van der Waals surface area contributed by atoms with E-state index in [0.717, 1.165) is 4.47 Å². The predicted molar refractivity (Wildman–Crippen MR) is 88.1 cm³/mol. The SMILES string of the molecule is Cc1cc(C)cc(N(C)C(CN)c2cc(Br)cs2)c1. The van der Waals surface area contributed by atoms with Gasteiger partial charge in [-0.05, 0) is 59.1 Å². The normalized spacial score (nSPS) is 12.5. The fourth-order valence-electron chi connectivity index (χ4n) is 2.30. The summed E-state index contributed by atoms with van der Waals surface area (Å²) >= 11 is 5.25. The van der Waals surface area contributed by atoms with Gasteiger partial charge in [0.15, 0.2) is 0 Å². The Morgan fingerprint density at radius 2 is 1.84 bits per heavy atom. The number of halogens is 1. The second-order valence-electron chi connectivity index (χ2n) is 4.88. The van der Waals surface area contributed by atoms with Gasteiger partial charge in [0.2, 0.25) is 0 Å². The van der Waals surface area contributed by atoms with Gasteiger partial charge >= 0.3 is 0 Å². The van der Waals surface area contributed by atoms with E-state index in [-0.39, 0.29) is 6.04 Å². The summed E-state index contributed by atoms with van der Waals surface area (Å²) in [5, 5.41) is 2.10. The molecule has 0 amide bonds. The van der Waals surface area contributed by atoms with Crippen LogP contribution in [0.15, 0.2) is 34.1 Å². The average Bonchev–Trinajstić information content (AvgIpc) is 2.75. The average molecular weight is 339 g/mol. The van der Waals surface area contributed by atoms with Crippen molar-refractivity contribution >= 4 is 33.0 Å². The monoisotopic (exact) mass is 338 g/mol. The molecule has 0 aliphatic carbocycles. The summed E-state index contributed by atoms with van der Waals surface area (Å²) in [4.78, 5) is 3.55. The Morgan fingerprint density at radius 3 is 2.32 bits per heavy atom. The second kappa shape index (κ2) is 6.07. The van der Waals surface area contributed by atoms with Gasteiger partial charge in [0.1, 0.15) is 0 Å². The number of anilines is 1. The molecule has 1 aromatic heterocycles. The summed E-state index contributed by atoms with van der Waals surface area (Å²) in [5.41, 5.74) is 9.76. The Balaban J connectivity index is 2.32. The number of hydrogen-bond donors (Lipinski definition) is 1. The molecule has 0 radical (unpaired) electrons. The largest absolute Gasteiger partial charge is 0.365 e. The Bertz CT molecular complexity index is 545. The Hall–Kier alpha value is -0.840. The molecular weight excluding hydrogens is 320 g/mol. The lowest BCUT2D eigenvalue weighted by Gasteiger charge is -2.29. The molecule has 2 aromatic rings. The van der Waals surface area contributed by atoms with Crippen molar-refractivity contribution < 1.29 is 0 Å². The third-order valence-corrected chi connectivity index (χ3v) is 5.02. The van der Waals surface area contributed by atoms with Crippen LogP contribution in [-0.2, 0) is 0 Å². The molecule has 4 heteroatoms. The van der Waals surface area contributed by atoms with E-state index in [2.05, 4.69) is 71.4 Å². The number of benzene rings is 1. The molecule has 1 unspecified atom stereocenters. The lowest BCUT2D eigenvalue weighted by Crippen LogP contribution is -2.29. The van der Waals surface area contributed by atoms with Crippen molar-refractivity contribution in [3.63, 3.8) is 0 Å². The molecule has 0 saturated carbocycles. The van der Waals surface area contributed by atoms with E-state index in [0.29, 0.717) is 6.54 Å². The highest BCUT2D eigenvalue weighted by molar-refractivity contribution is 9.10. The second-order valence-corrected chi connectivity index (χ2v) is 6.73. The molecular formula is C15H19BrN2S. The maximum Gasteiger partial charge on any atom is 0.0754 e. The van der Waals surface area contributed by atoms with E-state index in [1.54, 1.807) is 11.3 Å². The third kappa shape index (κ3) is 3.38. The van der Waals surface area contributed by atoms with Gasteiger partial charge in [-0.3, -0.25) is 0 Å². The lowest BCUT2D eigenvalue weighted by atomic mass is 10.1. The van der Waals surface area contributed by atoms with Crippen LogP contribution in [0.2, 0.25) is 0 Å². The molecule has 2 nitrogen and oxygen atoms in total. The van der Waals surface area contributed by atoms with Crippen molar-refractivity contribution in [2.24, 2.45) is 5.73 Å². The van der Waals surface area contributed by atoms with Crippen molar-refractivity contribution in [3.8, 4) is 0 Å². The fraction of sp³-hybridized carbons (Fsp3) is 0.333. The Kier molecular flexibility index (Phi) is 4.66. The Morgan fingerprint density at radius 1 is 1.21 bits per heavy atom.